The molecule has 0 spiro atoms. The Morgan fingerprint density at radius 3 is 1.71 bits per heavy atom. The average molecular weight is 476 g/mol. The fourth-order valence-corrected chi connectivity index (χ4v) is 6.74. The predicted molar refractivity (Wildman–Crippen MR) is 140 cm³/mol. The Labute approximate surface area is 210 Å². The molecule has 2 atom stereocenters. The van der Waals surface area contributed by atoms with Gasteiger partial charge in [0, 0.05) is 24.9 Å². The maximum atomic E-state index is 11.7. The third kappa shape index (κ3) is 5.91. The predicted octanol–water partition coefficient (Wildman–Crippen LogP) is 7.43. The van der Waals surface area contributed by atoms with E-state index in [1.807, 2.05) is 0 Å². The van der Waals surface area contributed by atoms with E-state index in [9.17, 15) is 4.79 Å². The molecule has 3 aliphatic rings. The molecule has 3 fully saturated rings. The van der Waals surface area contributed by atoms with Crippen LogP contribution in [0.15, 0.2) is 48.5 Å². The van der Waals surface area contributed by atoms with Gasteiger partial charge in [0.25, 0.3) is 0 Å². The molecule has 2 aliphatic carbocycles. The monoisotopic (exact) mass is 475 g/mol. The van der Waals surface area contributed by atoms with E-state index in [0.29, 0.717) is 18.4 Å². The fraction of sp³-hybridized carbons (Fsp3) is 0.581. The van der Waals surface area contributed by atoms with Crippen molar-refractivity contribution in [3.63, 3.8) is 0 Å². The summed E-state index contributed by atoms with van der Waals surface area (Å²) in [5.41, 5.74) is 5.66. The molecule has 5 rings (SSSR count). The molecule has 1 N–H and O–H groups in total. The van der Waals surface area contributed by atoms with Crippen molar-refractivity contribution in [2.45, 2.75) is 101 Å². The van der Waals surface area contributed by atoms with Crippen molar-refractivity contribution < 1.29 is 14.3 Å². The SMILES string of the molecule is COC(=O)OC1CNC(C(c2ccc(C3CCCCC3)cc2)c2ccc(C3CCCCC3)cc2)C1. The number of carbonyl (C=O) groups is 1. The van der Waals surface area contributed by atoms with Gasteiger partial charge in [-0.15, -0.1) is 0 Å². The van der Waals surface area contributed by atoms with E-state index < -0.39 is 6.16 Å². The molecule has 2 aromatic carbocycles. The van der Waals surface area contributed by atoms with Crippen molar-refractivity contribution in [2.24, 2.45) is 0 Å². The summed E-state index contributed by atoms with van der Waals surface area (Å²) < 4.78 is 10.2. The van der Waals surface area contributed by atoms with Crippen LogP contribution < -0.4 is 5.32 Å². The Morgan fingerprint density at radius 1 is 0.771 bits per heavy atom. The Bertz CT molecular complexity index is 881. The fourth-order valence-electron chi connectivity index (χ4n) is 6.74. The average Bonchev–Trinajstić information content (AvgIpc) is 3.38. The number of methoxy groups -OCH3 is 1. The number of hydrogen-bond acceptors (Lipinski definition) is 4. The standard InChI is InChI=1S/C31H41NO3/c1-34-31(33)35-28-20-29(32-21-28)30(26-16-12-24(13-17-26)22-8-4-2-5-9-22)27-18-14-25(15-19-27)23-10-6-3-7-11-23/h12-19,22-23,28-30,32H,2-11,20-21H2,1H3. The van der Waals surface area contributed by atoms with E-state index in [0.717, 1.165) is 6.42 Å². The van der Waals surface area contributed by atoms with Crippen LogP contribution in [-0.4, -0.2) is 32.0 Å². The van der Waals surface area contributed by atoms with Crippen LogP contribution >= 0.6 is 0 Å². The maximum absolute atomic E-state index is 11.7. The molecule has 1 aliphatic heterocycles. The van der Waals surface area contributed by atoms with Crippen molar-refractivity contribution in [3.05, 3.63) is 70.8 Å². The van der Waals surface area contributed by atoms with Gasteiger partial charge in [0.05, 0.1) is 7.11 Å². The van der Waals surface area contributed by atoms with Gasteiger partial charge in [-0.25, -0.2) is 4.79 Å². The van der Waals surface area contributed by atoms with Crippen molar-refractivity contribution in [3.8, 4) is 0 Å². The number of benzene rings is 2. The number of hydrogen-bond donors (Lipinski definition) is 1. The van der Waals surface area contributed by atoms with Crippen molar-refractivity contribution >= 4 is 6.16 Å². The number of nitrogens with one attached hydrogen (secondary N) is 1. The van der Waals surface area contributed by atoms with Crippen LogP contribution in [0.1, 0.15) is 111 Å². The first-order chi connectivity index (χ1) is 17.2. The van der Waals surface area contributed by atoms with Crippen LogP contribution in [-0.2, 0) is 9.47 Å². The third-order valence-corrected chi connectivity index (χ3v) is 8.70. The summed E-state index contributed by atoms with van der Waals surface area (Å²) >= 11 is 0. The second-order valence-corrected chi connectivity index (χ2v) is 10.9. The molecule has 1 heterocycles. The summed E-state index contributed by atoms with van der Waals surface area (Å²) in [6, 6.07) is 19.1. The van der Waals surface area contributed by atoms with E-state index in [1.165, 1.54) is 93.6 Å². The quantitative estimate of drug-likeness (QED) is 0.441. The van der Waals surface area contributed by atoms with Crippen LogP contribution in [0, 0.1) is 0 Å². The third-order valence-electron chi connectivity index (χ3n) is 8.70. The lowest BCUT2D eigenvalue weighted by molar-refractivity contribution is 0.0430. The zero-order valence-electron chi connectivity index (χ0n) is 21.2. The zero-order chi connectivity index (χ0) is 24.0. The molecule has 0 bridgehead atoms. The summed E-state index contributed by atoms with van der Waals surface area (Å²) in [5, 5.41) is 3.66. The number of rotatable bonds is 6. The summed E-state index contributed by atoms with van der Waals surface area (Å²) in [7, 11) is 1.37. The highest BCUT2D eigenvalue weighted by Gasteiger charge is 2.34. The smallest absolute Gasteiger partial charge is 0.438 e. The van der Waals surface area contributed by atoms with Crippen molar-refractivity contribution in [1.82, 2.24) is 5.32 Å². The second-order valence-electron chi connectivity index (χ2n) is 10.9. The van der Waals surface area contributed by atoms with Crippen molar-refractivity contribution in [2.75, 3.05) is 13.7 Å². The topological polar surface area (TPSA) is 47.6 Å². The summed E-state index contributed by atoms with van der Waals surface area (Å²) in [6.07, 6.45) is 13.5. The van der Waals surface area contributed by atoms with Gasteiger partial charge in [0.2, 0.25) is 0 Å². The molecule has 35 heavy (non-hydrogen) atoms. The van der Waals surface area contributed by atoms with E-state index in [-0.39, 0.29) is 18.1 Å². The lowest BCUT2D eigenvalue weighted by Gasteiger charge is -2.27. The molecular weight excluding hydrogens is 434 g/mol. The van der Waals surface area contributed by atoms with Gasteiger partial charge in [-0.05, 0) is 59.8 Å². The molecule has 0 radical (unpaired) electrons. The molecule has 0 aromatic heterocycles. The lowest BCUT2D eigenvalue weighted by Crippen LogP contribution is -2.29. The minimum absolute atomic E-state index is 0.155. The van der Waals surface area contributed by atoms with Crippen LogP contribution in [0.5, 0.6) is 0 Å². The van der Waals surface area contributed by atoms with E-state index in [1.54, 1.807) is 0 Å². The summed E-state index contributed by atoms with van der Waals surface area (Å²) in [5.74, 6) is 1.66. The number of carbonyl (C=O) groups excluding carboxylic acids is 1. The van der Waals surface area contributed by atoms with E-state index >= 15 is 0 Å². The Balaban J connectivity index is 1.38. The molecule has 188 valence electrons. The van der Waals surface area contributed by atoms with Crippen LogP contribution in [0.3, 0.4) is 0 Å². The van der Waals surface area contributed by atoms with Gasteiger partial charge in [0.15, 0.2) is 0 Å². The molecule has 4 heteroatoms. The first-order valence-corrected chi connectivity index (χ1v) is 13.9. The maximum Gasteiger partial charge on any atom is 0.508 e. The molecule has 1 saturated heterocycles. The molecule has 4 nitrogen and oxygen atoms in total. The van der Waals surface area contributed by atoms with Gasteiger partial charge < -0.3 is 14.8 Å². The summed E-state index contributed by atoms with van der Waals surface area (Å²) in [4.78, 5) is 11.7. The minimum atomic E-state index is -0.595. The van der Waals surface area contributed by atoms with Gasteiger partial charge in [-0.2, -0.15) is 0 Å². The molecule has 2 unspecified atom stereocenters. The Hall–Kier alpha value is -2.33. The van der Waals surface area contributed by atoms with Gasteiger partial charge in [-0.1, -0.05) is 87.1 Å². The Morgan fingerprint density at radius 2 is 1.26 bits per heavy atom. The highest BCUT2D eigenvalue weighted by molar-refractivity contribution is 5.59. The largest absolute Gasteiger partial charge is 0.508 e. The van der Waals surface area contributed by atoms with Crippen LogP contribution in [0.25, 0.3) is 0 Å². The van der Waals surface area contributed by atoms with Crippen LogP contribution in [0.2, 0.25) is 0 Å². The normalized spacial score (nSPS) is 23.9. The number of ether oxygens (including phenoxy) is 2. The molecule has 0 amide bonds. The molecule has 2 saturated carbocycles. The zero-order valence-corrected chi connectivity index (χ0v) is 21.2. The molecule has 2 aromatic rings. The van der Waals surface area contributed by atoms with Gasteiger partial charge in [-0.3, -0.25) is 0 Å². The molecular formula is C31H41NO3. The highest BCUT2D eigenvalue weighted by atomic mass is 16.7. The van der Waals surface area contributed by atoms with Gasteiger partial charge >= 0.3 is 6.16 Å². The van der Waals surface area contributed by atoms with Crippen molar-refractivity contribution in [1.29, 1.82) is 0 Å². The van der Waals surface area contributed by atoms with Crippen LogP contribution in [0.4, 0.5) is 4.79 Å². The summed E-state index contributed by atoms with van der Waals surface area (Å²) in [6.45, 7) is 0.663. The lowest BCUT2D eigenvalue weighted by atomic mass is 9.79. The van der Waals surface area contributed by atoms with Gasteiger partial charge in [0.1, 0.15) is 6.10 Å². The first-order valence-electron chi connectivity index (χ1n) is 13.9. The first kappa shape index (κ1) is 24.4. The Kier molecular flexibility index (Phi) is 8.08. The van der Waals surface area contributed by atoms with E-state index in [4.69, 9.17) is 9.47 Å². The second kappa shape index (κ2) is 11.6. The minimum Gasteiger partial charge on any atom is -0.438 e. The highest BCUT2D eigenvalue weighted by Crippen LogP contribution is 2.38. The van der Waals surface area contributed by atoms with E-state index in [2.05, 4.69) is 53.8 Å².